The lowest BCUT2D eigenvalue weighted by molar-refractivity contribution is 0.422. The van der Waals surface area contributed by atoms with Gasteiger partial charge in [0.05, 0.1) is 22.8 Å². The van der Waals surface area contributed by atoms with Crippen LogP contribution in [0.15, 0.2) is 158 Å². The second-order valence-electron chi connectivity index (χ2n) is 15.0. The quantitative estimate of drug-likeness (QED) is 0.201. The molecule has 254 valence electrons. The zero-order valence-corrected chi connectivity index (χ0v) is 30.0. The summed E-state index contributed by atoms with van der Waals surface area (Å²) in [5, 5.41) is 6.13. The summed E-state index contributed by atoms with van der Waals surface area (Å²) in [7, 11) is 2.18. The van der Waals surface area contributed by atoms with Crippen molar-refractivity contribution >= 4 is 33.2 Å². The Morgan fingerprint density at radius 3 is 2.29 bits per heavy atom. The topological polar surface area (TPSA) is 25.1 Å². The number of aromatic nitrogens is 2. The van der Waals surface area contributed by atoms with E-state index in [1.807, 2.05) is 0 Å². The van der Waals surface area contributed by atoms with E-state index in [4.69, 9.17) is 0 Å². The molecule has 2 aliphatic carbocycles. The Morgan fingerprint density at radius 2 is 1.46 bits per heavy atom. The van der Waals surface area contributed by atoms with Gasteiger partial charge in [0.1, 0.15) is 0 Å². The molecule has 0 amide bonds. The van der Waals surface area contributed by atoms with E-state index in [9.17, 15) is 0 Å². The van der Waals surface area contributed by atoms with Crippen LogP contribution >= 0.6 is 0 Å². The van der Waals surface area contributed by atoms with Crippen molar-refractivity contribution in [1.29, 1.82) is 0 Å². The smallest absolute Gasteiger partial charge is 0.0738 e. The van der Waals surface area contributed by atoms with Crippen LogP contribution in [0.3, 0.4) is 0 Å². The van der Waals surface area contributed by atoms with Gasteiger partial charge in [0.15, 0.2) is 0 Å². The lowest BCUT2D eigenvalue weighted by Gasteiger charge is -2.32. The predicted molar refractivity (Wildman–Crippen MR) is 218 cm³/mol. The number of para-hydroxylation sites is 1. The number of fused-ring (bicyclic) bond motifs is 9. The fourth-order valence-corrected chi connectivity index (χ4v) is 9.18. The normalized spacial score (nSPS) is 18.6. The number of nitrogens with zero attached hydrogens (tertiary/aromatic N) is 3. The minimum atomic E-state index is -0.263. The minimum Gasteiger partial charge on any atom is -0.381 e. The van der Waals surface area contributed by atoms with Crippen molar-refractivity contribution in [2.24, 2.45) is 0 Å². The van der Waals surface area contributed by atoms with Gasteiger partial charge in [0.2, 0.25) is 0 Å². The molecule has 2 aromatic heterocycles. The highest BCUT2D eigenvalue weighted by atomic mass is 15.1. The number of dihydropyridines is 1. The number of hydrogen-bond donors (Lipinski definition) is 1. The Morgan fingerprint density at radius 1 is 0.712 bits per heavy atom. The third-order valence-electron chi connectivity index (χ3n) is 11.7. The van der Waals surface area contributed by atoms with Crippen LogP contribution < -0.4 is 5.32 Å². The van der Waals surface area contributed by atoms with Crippen molar-refractivity contribution in [3.05, 3.63) is 174 Å². The first-order valence-electron chi connectivity index (χ1n) is 18.6. The molecular formula is C48H42N4. The van der Waals surface area contributed by atoms with Gasteiger partial charge in [-0.3, -0.25) is 0 Å². The van der Waals surface area contributed by atoms with Gasteiger partial charge in [-0.2, -0.15) is 0 Å². The van der Waals surface area contributed by atoms with Crippen LogP contribution in [0.2, 0.25) is 0 Å². The summed E-state index contributed by atoms with van der Waals surface area (Å²) < 4.78 is 4.87. The molecular weight excluding hydrogens is 633 g/mol. The van der Waals surface area contributed by atoms with Gasteiger partial charge in [0, 0.05) is 64.7 Å². The number of likely N-dealkylation sites (N-methyl/N-ethyl adjacent to an activating group) is 1. The summed E-state index contributed by atoms with van der Waals surface area (Å²) in [6.45, 7) is 5.67. The average molecular weight is 675 g/mol. The van der Waals surface area contributed by atoms with Crippen LogP contribution in [-0.4, -0.2) is 33.7 Å². The molecule has 4 aliphatic rings. The maximum atomic E-state index is 3.58. The first kappa shape index (κ1) is 30.8. The van der Waals surface area contributed by atoms with Gasteiger partial charge in [-0.25, -0.2) is 0 Å². The third kappa shape index (κ3) is 4.53. The zero-order valence-electron chi connectivity index (χ0n) is 30.0. The molecule has 0 saturated heterocycles. The Bertz CT molecular complexity index is 2630. The van der Waals surface area contributed by atoms with Crippen LogP contribution in [0.1, 0.15) is 43.4 Å². The number of allylic oxidation sites excluding steroid dienone is 6. The van der Waals surface area contributed by atoms with Gasteiger partial charge >= 0.3 is 0 Å². The van der Waals surface area contributed by atoms with E-state index in [1.54, 1.807) is 0 Å². The molecule has 52 heavy (non-hydrogen) atoms. The molecule has 1 atom stereocenters. The van der Waals surface area contributed by atoms with Gasteiger partial charge in [-0.05, 0) is 88.8 Å². The van der Waals surface area contributed by atoms with Crippen molar-refractivity contribution < 1.29 is 0 Å². The second kappa shape index (κ2) is 11.8. The molecule has 0 radical (unpaired) electrons. The molecule has 10 rings (SSSR count). The van der Waals surface area contributed by atoms with Crippen molar-refractivity contribution in [1.82, 2.24) is 19.4 Å². The molecule has 6 aromatic rings. The van der Waals surface area contributed by atoms with E-state index < -0.39 is 0 Å². The average Bonchev–Trinajstić information content (AvgIpc) is 3.81. The molecule has 1 N–H and O–H groups in total. The van der Waals surface area contributed by atoms with Crippen LogP contribution in [0.5, 0.6) is 0 Å². The van der Waals surface area contributed by atoms with E-state index in [-0.39, 0.29) is 11.5 Å². The largest absolute Gasteiger partial charge is 0.381 e. The van der Waals surface area contributed by atoms with Crippen molar-refractivity contribution in [2.45, 2.75) is 38.1 Å². The van der Waals surface area contributed by atoms with Crippen LogP contribution in [0, 0.1) is 0 Å². The Balaban J connectivity index is 1.20. The van der Waals surface area contributed by atoms with E-state index >= 15 is 0 Å². The van der Waals surface area contributed by atoms with Gasteiger partial charge in [0.25, 0.3) is 0 Å². The molecule has 4 heterocycles. The summed E-state index contributed by atoms with van der Waals surface area (Å²) in [4.78, 5) is 2.32. The highest BCUT2D eigenvalue weighted by molar-refractivity contribution is 6.09. The number of hydrogen-bond acceptors (Lipinski definition) is 2. The minimum absolute atomic E-state index is 0.202. The Kier molecular flexibility index (Phi) is 6.98. The van der Waals surface area contributed by atoms with Gasteiger partial charge in [-0.15, -0.1) is 0 Å². The highest BCUT2D eigenvalue weighted by Gasteiger charge is 2.36. The number of nitrogens with one attached hydrogen (secondary N) is 1. The molecule has 0 saturated carbocycles. The molecule has 4 nitrogen and oxygen atoms in total. The predicted octanol–water partition coefficient (Wildman–Crippen LogP) is 11.0. The lowest BCUT2D eigenvalue weighted by Crippen LogP contribution is -2.30. The standard InChI is InChI=1S/C48H42N4/c1-48(2)38-24-25-44-37(27-31-51(44)42-20-8-6-16-35(42)40-18-10-12-28-49-40)45(38)33-14-4-5-15-34(33)46-39(48)23-22-32-26-30-52(47(32)46)43-21-9-7-17-36(43)41-19-11-13-29-50(41)3/h4-6,8,10-27,29-31,41,49H,7,9,28H2,1-3H3. The molecule has 4 aromatic carbocycles. The van der Waals surface area contributed by atoms with Crippen LogP contribution in [0.25, 0.3) is 61.1 Å². The monoisotopic (exact) mass is 674 g/mol. The molecule has 2 aliphatic heterocycles. The Labute approximate surface area is 305 Å². The number of rotatable bonds is 4. The van der Waals surface area contributed by atoms with Crippen LogP contribution in [-0.2, 0) is 5.41 Å². The van der Waals surface area contributed by atoms with Crippen molar-refractivity contribution in [2.75, 3.05) is 13.6 Å². The summed E-state index contributed by atoms with van der Waals surface area (Å²) >= 11 is 0. The maximum absolute atomic E-state index is 3.58. The summed E-state index contributed by atoms with van der Waals surface area (Å²) in [6.07, 6.45) is 26.9. The summed E-state index contributed by atoms with van der Waals surface area (Å²) in [6, 6.07) is 32.2. The van der Waals surface area contributed by atoms with E-state index in [1.165, 1.54) is 77.7 Å². The SMILES string of the molecule is CN1C=CC=CC1C1=CCCC=C1n1ccc2ccc3c(c21)-c1ccccc1-c1c(ccc2c1ccn2-c1ccccc1C1=CC=CCN1)C3(C)C. The van der Waals surface area contributed by atoms with Crippen LogP contribution in [0.4, 0.5) is 0 Å². The second-order valence-corrected chi connectivity index (χ2v) is 15.0. The van der Waals surface area contributed by atoms with E-state index in [0.29, 0.717) is 0 Å². The molecule has 0 bridgehead atoms. The fourth-order valence-electron chi connectivity index (χ4n) is 9.18. The van der Waals surface area contributed by atoms with Gasteiger partial charge < -0.3 is 19.4 Å². The maximum Gasteiger partial charge on any atom is 0.0738 e. The van der Waals surface area contributed by atoms with Crippen molar-refractivity contribution in [3.8, 4) is 27.9 Å². The van der Waals surface area contributed by atoms with E-state index in [0.717, 1.165) is 25.1 Å². The molecule has 0 fully saturated rings. The Hall–Kier alpha value is -6.00. The fraction of sp³-hybridized carbons (Fsp3) is 0.167. The molecule has 0 spiro atoms. The number of benzene rings is 4. The molecule has 4 heteroatoms. The van der Waals surface area contributed by atoms with E-state index in [2.05, 4.69) is 192 Å². The molecule has 1 unspecified atom stereocenters. The van der Waals surface area contributed by atoms with Crippen molar-refractivity contribution in [3.63, 3.8) is 0 Å². The third-order valence-corrected chi connectivity index (χ3v) is 11.7. The first-order valence-corrected chi connectivity index (χ1v) is 18.6. The lowest BCUT2D eigenvalue weighted by atomic mass is 9.74. The zero-order chi connectivity index (χ0) is 35.0. The highest BCUT2D eigenvalue weighted by Crippen LogP contribution is 2.53. The summed E-state index contributed by atoms with van der Waals surface area (Å²) in [5.41, 5.74) is 16.4. The van der Waals surface area contributed by atoms with Gasteiger partial charge in [-0.1, -0.05) is 111 Å². The summed E-state index contributed by atoms with van der Waals surface area (Å²) in [5.74, 6) is 0. The first-order chi connectivity index (χ1) is 25.5.